The lowest BCUT2D eigenvalue weighted by Gasteiger charge is -2.15. The highest BCUT2D eigenvalue weighted by Gasteiger charge is 2.16. The maximum atomic E-state index is 11.5. The van der Waals surface area contributed by atoms with Crippen molar-refractivity contribution in [1.82, 2.24) is 0 Å². The Morgan fingerprint density at radius 3 is 2.53 bits per heavy atom. The van der Waals surface area contributed by atoms with Gasteiger partial charge in [-0.15, -0.1) is 0 Å². The molecule has 0 spiro atoms. The van der Waals surface area contributed by atoms with Crippen LogP contribution >= 0.6 is 0 Å². The van der Waals surface area contributed by atoms with Crippen LogP contribution in [-0.4, -0.2) is 24.6 Å². The Labute approximate surface area is 112 Å². The predicted octanol–water partition coefficient (Wildman–Crippen LogP) is 2.25. The van der Waals surface area contributed by atoms with Crippen molar-refractivity contribution in [2.45, 2.75) is 33.8 Å². The Balaban J connectivity index is 2.74. The van der Waals surface area contributed by atoms with Crippen molar-refractivity contribution >= 4 is 11.9 Å². The third-order valence-corrected chi connectivity index (χ3v) is 2.33. The summed E-state index contributed by atoms with van der Waals surface area (Å²) in [4.78, 5) is 22.3. The molecule has 1 unspecified atom stereocenters. The summed E-state index contributed by atoms with van der Waals surface area (Å²) in [6.07, 6.45) is -0.682. The Morgan fingerprint density at radius 2 is 2.00 bits per heavy atom. The monoisotopic (exact) mass is 266 g/mol. The first-order valence-electron chi connectivity index (χ1n) is 6.06. The SMILES string of the molecule is CCOC(=O)C(C)Oc1ccc(OC(C)=O)cc1C. The van der Waals surface area contributed by atoms with Crippen LogP contribution in [-0.2, 0) is 14.3 Å². The number of hydrogen-bond acceptors (Lipinski definition) is 5. The summed E-state index contributed by atoms with van der Waals surface area (Å²) in [5.41, 5.74) is 0.773. The van der Waals surface area contributed by atoms with Gasteiger partial charge in [0.2, 0.25) is 0 Å². The van der Waals surface area contributed by atoms with Gasteiger partial charge in [-0.25, -0.2) is 4.79 Å². The van der Waals surface area contributed by atoms with Gasteiger partial charge in [-0.05, 0) is 44.5 Å². The van der Waals surface area contributed by atoms with E-state index in [1.54, 1.807) is 39.0 Å². The second-order valence-corrected chi connectivity index (χ2v) is 4.03. The van der Waals surface area contributed by atoms with Crippen LogP contribution in [0.25, 0.3) is 0 Å². The first-order valence-corrected chi connectivity index (χ1v) is 6.06. The molecule has 104 valence electrons. The van der Waals surface area contributed by atoms with Crippen molar-refractivity contribution in [2.75, 3.05) is 6.61 Å². The second-order valence-electron chi connectivity index (χ2n) is 4.03. The first-order chi connectivity index (χ1) is 8.93. The summed E-state index contributed by atoms with van der Waals surface area (Å²) in [5.74, 6) is 0.205. The van der Waals surface area contributed by atoms with Gasteiger partial charge in [0.1, 0.15) is 11.5 Å². The molecule has 0 aromatic heterocycles. The number of ether oxygens (including phenoxy) is 3. The molecule has 5 heteroatoms. The summed E-state index contributed by atoms with van der Waals surface area (Å²) in [6, 6.07) is 4.94. The molecule has 0 radical (unpaired) electrons. The molecule has 1 atom stereocenters. The van der Waals surface area contributed by atoms with Crippen LogP contribution in [0.15, 0.2) is 18.2 Å². The number of benzene rings is 1. The maximum absolute atomic E-state index is 11.5. The molecule has 1 aromatic carbocycles. The molecule has 0 aliphatic carbocycles. The van der Waals surface area contributed by atoms with E-state index in [0.29, 0.717) is 18.1 Å². The molecule has 19 heavy (non-hydrogen) atoms. The molecule has 0 saturated carbocycles. The molecule has 0 heterocycles. The number of aryl methyl sites for hydroxylation is 1. The molecule has 0 amide bonds. The zero-order valence-corrected chi connectivity index (χ0v) is 11.6. The Kier molecular flexibility index (Phi) is 5.36. The lowest BCUT2D eigenvalue weighted by Crippen LogP contribution is -2.26. The number of esters is 2. The fourth-order valence-corrected chi connectivity index (χ4v) is 1.48. The van der Waals surface area contributed by atoms with Crippen molar-refractivity contribution in [3.05, 3.63) is 23.8 Å². The molecule has 0 N–H and O–H groups in total. The van der Waals surface area contributed by atoms with Crippen molar-refractivity contribution in [2.24, 2.45) is 0 Å². The Bertz CT molecular complexity index is 467. The maximum Gasteiger partial charge on any atom is 0.347 e. The summed E-state index contributed by atoms with van der Waals surface area (Å²) in [7, 11) is 0. The number of carbonyl (C=O) groups is 2. The minimum Gasteiger partial charge on any atom is -0.479 e. The molecule has 0 saturated heterocycles. The van der Waals surface area contributed by atoms with Crippen molar-refractivity contribution in [3.63, 3.8) is 0 Å². The van der Waals surface area contributed by atoms with Crippen LogP contribution in [0.5, 0.6) is 11.5 Å². The van der Waals surface area contributed by atoms with Crippen LogP contribution in [0.2, 0.25) is 0 Å². The third kappa shape index (κ3) is 4.62. The van der Waals surface area contributed by atoms with E-state index in [4.69, 9.17) is 14.2 Å². The van der Waals surface area contributed by atoms with Crippen LogP contribution < -0.4 is 9.47 Å². The van der Waals surface area contributed by atoms with Crippen molar-refractivity contribution in [1.29, 1.82) is 0 Å². The number of hydrogen-bond donors (Lipinski definition) is 0. The van der Waals surface area contributed by atoms with Gasteiger partial charge < -0.3 is 14.2 Å². The molecule has 1 aromatic rings. The largest absolute Gasteiger partial charge is 0.479 e. The first kappa shape index (κ1) is 15.0. The van der Waals surface area contributed by atoms with E-state index in [1.165, 1.54) is 6.92 Å². The molecular formula is C14H18O5. The summed E-state index contributed by atoms with van der Waals surface area (Å²) >= 11 is 0. The summed E-state index contributed by atoms with van der Waals surface area (Å²) < 4.78 is 15.3. The van der Waals surface area contributed by atoms with E-state index < -0.39 is 12.1 Å². The topological polar surface area (TPSA) is 61.8 Å². The third-order valence-electron chi connectivity index (χ3n) is 2.33. The quantitative estimate of drug-likeness (QED) is 0.604. The molecule has 0 fully saturated rings. The molecule has 0 aliphatic heterocycles. The van der Waals surface area contributed by atoms with Gasteiger partial charge in [-0.2, -0.15) is 0 Å². The number of rotatable bonds is 5. The summed E-state index contributed by atoms with van der Waals surface area (Å²) in [5, 5.41) is 0. The smallest absolute Gasteiger partial charge is 0.347 e. The van der Waals surface area contributed by atoms with Gasteiger partial charge >= 0.3 is 11.9 Å². The highest BCUT2D eigenvalue weighted by atomic mass is 16.6. The van der Waals surface area contributed by atoms with Gasteiger partial charge in [0.15, 0.2) is 6.10 Å². The molecule has 1 rings (SSSR count). The zero-order chi connectivity index (χ0) is 14.4. The van der Waals surface area contributed by atoms with E-state index in [0.717, 1.165) is 5.56 Å². The molecule has 5 nitrogen and oxygen atoms in total. The van der Waals surface area contributed by atoms with Crippen molar-refractivity contribution < 1.29 is 23.8 Å². The standard InChI is InChI=1S/C14H18O5/c1-5-17-14(16)10(3)18-13-7-6-12(8-9(13)2)19-11(4)15/h6-8,10H,5H2,1-4H3. The minimum atomic E-state index is -0.682. The molecular weight excluding hydrogens is 248 g/mol. The lowest BCUT2D eigenvalue weighted by molar-refractivity contribution is -0.150. The highest BCUT2D eigenvalue weighted by molar-refractivity contribution is 5.74. The summed E-state index contributed by atoms with van der Waals surface area (Å²) in [6.45, 7) is 6.82. The Morgan fingerprint density at radius 1 is 1.32 bits per heavy atom. The van der Waals surface area contributed by atoms with Crippen molar-refractivity contribution in [3.8, 4) is 11.5 Å². The van der Waals surface area contributed by atoms with Crippen LogP contribution in [0.4, 0.5) is 0 Å². The van der Waals surface area contributed by atoms with Gasteiger partial charge in [-0.3, -0.25) is 4.79 Å². The Hall–Kier alpha value is -2.04. The number of carbonyl (C=O) groups excluding carboxylic acids is 2. The van der Waals surface area contributed by atoms with E-state index in [9.17, 15) is 9.59 Å². The van der Waals surface area contributed by atoms with Gasteiger partial charge in [0.05, 0.1) is 6.61 Å². The van der Waals surface area contributed by atoms with E-state index in [-0.39, 0.29) is 5.97 Å². The van der Waals surface area contributed by atoms with Crippen LogP contribution in [0.3, 0.4) is 0 Å². The van der Waals surface area contributed by atoms with Gasteiger partial charge in [-0.1, -0.05) is 0 Å². The average molecular weight is 266 g/mol. The molecule has 0 bridgehead atoms. The van der Waals surface area contributed by atoms with Crippen LogP contribution in [0.1, 0.15) is 26.3 Å². The normalized spacial score (nSPS) is 11.6. The zero-order valence-electron chi connectivity index (χ0n) is 11.6. The highest BCUT2D eigenvalue weighted by Crippen LogP contribution is 2.24. The average Bonchev–Trinajstić information content (AvgIpc) is 2.32. The second kappa shape index (κ2) is 6.78. The fraction of sp³-hybridized carbons (Fsp3) is 0.429. The van der Waals surface area contributed by atoms with E-state index >= 15 is 0 Å². The van der Waals surface area contributed by atoms with Crippen LogP contribution in [0, 0.1) is 6.92 Å². The van der Waals surface area contributed by atoms with E-state index in [1.807, 2.05) is 0 Å². The molecule has 0 aliphatic rings. The fourth-order valence-electron chi connectivity index (χ4n) is 1.48. The van der Waals surface area contributed by atoms with Gasteiger partial charge in [0, 0.05) is 6.92 Å². The van der Waals surface area contributed by atoms with Gasteiger partial charge in [0.25, 0.3) is 0 Å². The lowest BCUT2D eigenvalue weighted by atomic mass is 10.2. The predicted molar refractivity (Wildman–Crippen MR) is 69.2 cm³/mol. The minimum absolute atomic E-state index is 0.316. The van der Waals surface area contributed by atoms with E-state index in [2.05, 4.69) is 0 Å².